The van der Waals surface area contributed by atoms with Crippen molar-refractivity contribution < 1.29 is 24.0 Å². The van der Waals surface area contributed by atoms with E-state index >= 15 is 0 Å². The number of benzene rings is 1. The largest absolute Gasteiger partial charge is 0.490 e. The van der Waals surface area contributed by atoms with E-state index in [0.29, 0.717) is 26.3 Å². The number of nitrogens with one attached hydrogen (secondary N) is 3. The van der Waals surface area contributed by atoms with E-state index in [1.807, 2.05) is 12.1 Å². The molecular weight excluding hydrogens is 346 g/mol. The number of urea groups is 1. The summed E-state index contributed by atoms with van der Waals surface area (Å²) in [5, 5.41) is 5.15. The molecule has 0 bridgehead atoms. The molecule has 0 saturated carbocycles. The summed E-state index contributed by atoms with van der Waals surface area (Å²) in [6.45, 7) is 5.19. The lowest BCUT2D eigenvalue weighted by Gasteiger charge is -2.22. The fourth-order valence-corrected chi connectivity index (χ4v) is 3.72. The summed E-state index contributed by atoms with van der Waals surface area (Å²) >= 11 is 0. The quantitative estimate of drug-likeness (QED) is 0.652. The maximum absolute atomic E-state index is 12.3. The second-order valence-electron chi connectivity index (χ2n) is 7.19. The molecule has 1 fully saturated rings. The summed E-state index contributed by atoms with van der Waals surface area (Å²) in [5.41, 5.74) is 1.16. The fourth-order valence-electron chi connectivity index (χ4n) is 3.72. The number of carbonyl (C=O) groups excluding carboxylic acids is 2. The highest BCUT2D eigenvalue weighted by molar-refractivity contribution is 5.94. The van der Waals surface area contributed by atoms with Crippen LogP contribution in [0.5, 0.6) is 11.5 Å². The van der Waals surface area contributed by atoms with Gasteiger partial charge < -0.3 is 19.7 Å². The van der Waals surface area contributed by atoms with Gasteiger partial charge in [0.05, 0.1) is 19.8 Å². The van der Waals surface area contributed by atoms with Crippen LogP contribution in [-0.4, -0.2) is 44.8 Å². The van der Waals surface area contributed by atoms with Crippen molar-refractivity contribution in [3.63, 3.8) is 0 Å². The first kappa shape index (κ1) is 19.5. The van der Waals surface area contributed by atoms with Crippen molar-refractivity contribution >= 4 is 11.9 Å². The number of imide groups is 1. The van der Waals surface area contributed by atoms with E-state index in [9.17, 15) is 9.59 Å². The van der Waals surface area contributed by atoms with Gasteiger partial charge in [-0.3, -0.25) is 10.1 Å². The molecule has 2 atom stereocenters. The molecule has 148 valence electrons. The van der Waals surface area contributed by atoms with E-state index in [1.54, 1.807) is 0 Å². The molecule has 1 aromatic carbocycles. The Morgan fingerprint density at radius 1 is 1.19 bits per heavy atom. The number of rotatable bonds is 6. The Morgan fingerprint density at radius 2 is 2.00 bits per heavy atom. The van der Waals surface area contributed by atoms with E-state index < -0.39 is 6.03 Å². The number of likely N-dealkylation sites (tertiary alicyclic amines) is 1. The molecule has 3 rings (SSSR count). The van der Waals surface area contributed by atoms with Gasteiger partial charge in [-0.05, 0) is 24.6 Å². The molecule has 0 aromatic heterocycles. The molecule has 0 radical (unpaired) electrons. The molecule has 1 saturated heterocycles. The third-order valence-electron chi connectivity index (χ3n) is 5.11. The van der Waals surface area contributed by atoms with Crippen molar-refractivity contribution in [2.45, 2.75) is 45.1 Å². The van der Waals surface area contributed by atoms with Crippen LogP contribution in [0, 0.1) is 0 Å². The Kier molecular flexibility index (Phi) is 6.92. The maximum Gasteiger partial charge on any atom is 0.321 e. The second kappa shape index (κ2) is 9.60. The minimum Gasteiger partial charge on any atom is -0.490 e. The van der Waals surface area contributed by atoms with E-state index in [2.05, 4.69) is 23.6 Å². The lowest BCUT2D eigenvalue weighted by atomic mass is 10.0. The Morgan fingerprint density at radius 3 is 2.81 bits per heavy atom. The number of hydrogen-bond donors (Lipinski definition) is 3. The lowest BCUT2D eigenvalue weighted by Crippen LogP contribution is -3.11. The number of fused-ring (bicyclic) bond motifs is 1. The number of ether oxygens (including phenoxy) is 2. The van der Waals surface area contributed by atoms with Crippen molar-refractivity contribution in [2.24, 2.45) is 0 Å². The summed E-state index contributed by atoms with van der Waals surface area (Å²) in [4.78, 5) is 25.2. The first-order valence-electron chi connectivity index (χ1n) is 9.99. The number of hydrogen-bond acceptors (Lipinski definition) is 4. The van der Waals surface area contributed by atoms with E-state index in [4.69, 9.17) is 9.47 Å². The zero-order chi connectivity index (χ0) is 19.1. The summed E-state index contributed by atoms with van der Waals surface area (Å²) in [6, 6.07) is 5.91. The lowest BCUT2D eigenvalue weighted by molar-refractivity contribution is -0.910. The highest BCUT2D eigenvalue weighted by Gasteiger charge is 2.32. The van der Waals surface area contributed by atoms with E-state index in [-0.39, 0.29) is 11.9 Å². The number of amides is 3. The van der Waals surface area contributed by atoms with Gasteiger partial charge in [0.25, 0.3) is 5.91 Å². The van der Waals surface area contributed by atoms with Crippen LogP contribution < -0.4 is 25.0 Å². The van der Waals surface area contributed by atoms with Gasteiger partial charge in [-0.2, -0.15) is 0 Å². The van der Waals surface area contributed by atoms with Gasteiger partial charge in [0, 0.05) is 31.4 Å². The average molecular weight is 376 g/mol. The molecule has 2 heterocycles. The third-order valence-corrected chi connectivity index (χ3v) is 5.11. The van der Waals surface area contributed by atoms with Crippen LogP contribution in [0.25, 0.3) is 0 Å². The molecule has 3 amide bonds. The predicted octanol–water partition coefficient (Wildman–Crippen LogP) is 1.19. The van der Waals surface area contributed by atoms with Crippen molar-refractivity contribution in [2.75, 3.05) is 32.8 Å². The highest BCUT2D eigenvalue weighted by atomic mass is 16.5. The van der Waals surface area contributed by atoms with Gasteiger partial charge in [0.1, 0.15) is 6.04 Å². The van der Waals surface area contributed by atoms with Crippen LogP contribution in [0.1, 0.15) is 50.6 Å². The number of carbonyl (C=O) groups is 2. The molecular formula is C20H30N3O4+. The average Bonchev–Trinajstić information content (AvgIpc) is 2.97. The second-order valence-corrected chi connectivity index (χ2v) is 7.19. The van der Waals surface area contributed by atoms with Crippen molar-refractivity contribution in [1.82, 2.24) is 10.6 Å². The topological polar surface area (TPSA) is 81.1 Å². The molecule has 0 spiro atoms. The molecule has 7 nitrogen and oxygen atoms in total. The van der Waals surface area contributed by atoms with E-state index in [1.165, 1.54) is 4.90 Å². The first-order chi connectivity index (χ1) is 13.2. The van der Waals surface area contributed by atoms with Crippen LogP contribution in [0.2, 0.25) is 0 Å². The molecule has 0 aliphatic carbocycles. The highest BCUT2D eigenvalue weighted by Crippen LogP contribution is 2.33. The molecule has 1 unspecified atom stereocenters. The molecule has 2 aliphatic heterocycles. The minimum absolute atomic E-state index is 0.232. The normalized spacial score (nSPS) is 21.4. The van der Waals surface area contributed by atoms with Gasteiger partial charge in [-0.1, -0.05) is 13.3 Å². The third kappa shape index (κ3) is 5.35. The Labute approximate surface area is 160 Å². The van der Waals surface area contributed by atoms with Crippen molar-refractivity contribution in [1.29, 1.82) is 0 Å². The summed E-state index contributed by atoms with van der Waals surface area (Å²) in [7, 11) is 0. The summed E-state index contributed by atoms with van der Waals surface area (Å²) < 4.78 is 11.5. The van der Waals surface area contributed by atoms with Crippen LogP contribution >= 0.6 is 0 Å². The van der Waals surface area contributed by atoms with Gasteiger partial charge in [-0.15, -0.1) is 0 Å². The maximum atomic E-state index is 12.3. The Balaban J connectivity index is 1.58. The summed E-state index contributed by atoms with van der Waals surface area (Å²) in [6.07, 6.45) is 4.87. The smallest absolute Gasteiger partial charge is 0.321 e. The van der Waals surface area contributed by atoms with Gasteiger partial charge in [0.15, 0.2) is 18.0 Å². The van der Waals surface area contributed by atoms with Crippen LogP contribution in [0.15, 0.2) is 18.2 Å². The van der Waals surface area contributed by atoms with Crippen LogP contribution in [-0.2, 0) is 4.79 Å². The van der Waals surface area contributed by atoms with Crippen molar-refractivity contribution in [3.05, 3.63) is 23.8 Å². The summed E-state index contributed by atoms with van der Waals surface area (Å²) in [5.74, 6) is 1.34. The Hall–Kier alpha value is -2.28. The monoisotopic (exact) mass is 376 g/mol. The zero-order valence-corrected chi connectivity index (χ0v) is 16.0. The predicted molar refractivity (Wildman–Crippen MR) is 101 cm³/mol. The standard InChI is InChI=1S/C20H29N3O4/c1-2-3-9-21-20(25)22-19(24)14-23-10-4-6-16(23)15-7-8-17-18(13-15)27-12-5-11-26-17/h7-8,13,16H,2-6,9-12,14H2,1H3,(H2,21,22,24,25)/p+1/t16-/m0/s1. The molecule has 27 heavy (non-hydrogen) atoms. The van der Waals surface area contributed by atoms with Crippen LogP contribution in [0.3, 0.4) is 0 Å². The number of unbranched alkanes of at least 4 members (excludes halogenated alkanes) is 1. The SMILES string of the molecule is CCCCNC(=O)NC(=O)C[NH+]1CCC[C@H]1c1ccc2c(c1)OCCCO2. The molecule has 2 aliphatic rings. The van der Waals surface area contributed by atoms with Gasteiger partial charge >= 0.3 is 6.03 Å². The molecule has 1 aromatic rings. The minimum atomic E-state index is -0.404. The Bertz CT molecular complexity index is 665. The van der Waals surface area contributed by atoms with Crippen LogP contribution in [0.4, 0.5) is 4.79 Å². The fraction of sp³-hybridized carbons (Fsp3) is 0.600. The van der Waals surface area contributed by atoms with Crippen molar-refractivity contribution in [3.8, 4) is 11.5 Å². The molecule has 3 N–H and O–H groups in total. The molecule has 7 heteroatoms. The zero-order valence-electron chi connectivity index (χ0n) is 16.0. The number of quaternary nitrogens is 1. The van der Waals surface area contributed by atoms with E-state index in [0.717, 1.165) is 55.7 Å². The first-order valence-corrected chi connectivity index (χ1v) is 9.99. The van der Waals surface area contributed by atoms with Gasteiger partial charge in [-0.25, -0.2) is 4.79 Å². The van der Waals surface area contributed by atoms with Gasteiger partial charge in [0.2, 0.25) is 0 Å².